The van der Waals surface area contributed by atoms with Gasteiger partial charge in [-0.15, -0.1) is 11.3 Å². The Hall–Kier alpha value is -1.13. The first-order chi connectivity index (χ1) is 8.35. The zero-order valence-electron chi connectivity index (χ0n) is 10.4. The van der Waals surface area contributed by atoms with Crippen molar-refractivity contribution in [2.24, 2.45) is 0 Å². The van der Waals surface area contributed by atoms with E-state index in [0.717, 1.165) is 16.4 Å². The fourth-order valence-electron chi connectivity index (χ4n) is 1.44. The van der Waals surface area contributed by atoms with Crippen molar-refractivity contribution in [1.82, 2.24) is 4.98 Å². The molecule has 5 heteroatoms. The predicted molar refractivity (Wildman–Crippen MR) is 75.9 cm³/mol. The van der Waals surface area contributed by atoms with Crippen molar-refractivity contribution >= 4 is 28.1 Å². The molecule has 0 saturated heterocycles. The van der Waals surface area contributed by atoms with E-state index < -0.39 is 5.82 Å². The summed E-state index contributed by atoms with van der Waals surface area (Å²) in [6.07, 6.45) is 0. The summed E-state index contributed by atoms with van der Waals surface area (Å²) < 4.78 is 13.4. The van der Waals surface area contributed by atoms with E-state index in [1.165, 1.54) is 17.4 Å². The lowest BCUT2D eigenvalue weighted by Gasteiger charge is -2.19. The van der Waals surface area contributed by atoms with Crippen molar-refractivity contribution in [1.29, 1.82) is 0 Å². The molecule has 0 radical (unpaired) electrons. The summed E-state index contributed by atoms with van der Waals surface area (Å²) in [4.78, 5) is 4.43. The van der Waals surface area contributed by atoms with E-state index in [0.29, 0.717) is 0 Å². The van der Waals surface area contributed by atoms with E-state index in [2.05, 4.69) is 31.1 Å². The van der Waals surface area contributed by atoms with E-state index in [4.69, 9.17) is 11.6 Å². The Balaban J connectivity index is 2.26. The smallest absolute Gasteiger partial charge is 0.183 e. The normalized spacial score (nSPS) is 11.6. The van der Waals surface area contributed by atoms with E-state index in [-0.39, 0.29) is 10.6 Å². The highest BCUT2D eigenvalue weighted by Gasteiger charge is 2.13. The number of halogens is 2. The van der Waals surface area contributed by atoms with E-state index >= 15 is 0 Å². The number of nitrogens with zero attached hydrogens (tertiary/aromatic N) is 1. The van der Waals surface area contributed by atoms with Crippen molar-refractivity contribution < 1.29 is 4.39 Å². The number of thiazole rings is 1. The number of rotatable bonds is 2. The third-order valence-corrected chi connectivity index (χ3v) is 3.27. The highest BCUT2D eigenvalue weighted by molar-refractivity contribution is 7.14. The second-order valence-electron chi connectivity index (χ2n) is 5.04. The second-order valence-corrected chi connectivity index (χ2v) is 6.31. The maximum Gasteiger partial charge on any atom is 0.183 e. The van der Waals surface area contributed by atoms with Crippen LogP contribution in [0.2, 0.25) is 5.02 Å². The molecule has 18 heavy (non-hydrogen) atoms. The van der Waals surface area contributed by atoms with Gasteiger partial charge in [0.05, 0.1) is 10.7 Å². The number of aromatic nitrogens is 1. The van der Waals surface area contributed by atoms with Gasteiger partial charge < -0.3 is 5.32 Å². The topological polar surface area (TPSA) is 24.9 Å². The Morgan fingerprint density at radius 2 is 2.06 bits per heavy atom. The SMILES string of the molecule is CC(C)(C)Nc1nc(-c2ccc(Cl)c(F)c2)cs1. The van der Waals surface area contributed by atoms with Gasteiger partial charge in [0.25, 0.3) is 0 Å². The van der Waals surface area contributed by atoms with Crippen LogP contribution in [0, 0.1) is 5.82 Å². The quantitative estimate of drug-likeness (QED) is 0.856. The highest BCUT2D eigenvalue weighted by Crippen LogP contribution is 2.28. The molecule has 2 nitrogen and oxygen atoms in total. The van der Waals surface area contributed by atoms with E-state index in [1.807, 2.05) is 5.38 Å². The molecule has 0 aliphatic heterocycles. The zero-order chi connectivity index (χ0) is 13.3. The molecule has 0 aliphatic carbocycles. The minimum absolute atomic E-state index is 0.0413. The summed E-state index contributed by atoms with van der Waals surface area (Å²) in [5.41, 5.74) is 1.44. The second kappa shape index (κ2) is 4.86. The van der Waals surface area contributed by atoms with Crippen LogP contribution in [0.4, 0.5) is 9.52 Å². The summed E-state index contributed by atoms with van der Waals surface area (Å²) in [7, 11) is 0. The molecule has 0 saturated carbocycles. The van der Waals surface area contributed by atoms with Crippen LogP contribution in [0.15, 0.2) is 23.6 Å². The van der Waals surface area contributed by atoms with Crippen LogP contribution in [0.3, 0.4) is 0 Å². The van der Waals surface area contributed by atoms with E-state index in [1.54, 1.807) is 12.1 Å². The minimum atomic E-state index is -0.424. The number of anilines is 1. The molecule has 1 aromatic carbocycles. The van der Waals surface area contributed by atoms with Gasteiger partial charge in [-0.05, 0) is 32.9 Å². The number of hydrogen-bond donors (Lipinski definition) is 1. The lowest BCUT2D eigenvalue weighted by atomic mass is 10.1. The summed E-state index contributed by atoms with van der Waals surface area (Å²) in [5.74, 6) is -0.424. The maximum absolute atomic E-state index is 13.4. The molecule has 1 aromatic heterocycles. The van der Waals surface area contributed by atoms with Crippen LogP contribution < -0.4 is 5.32 Å². The lowest BCUT2D eigenvalue weighted by molar-refractivity contribution is 0.628. The van der Waals surface area contributed by atoms with Gasteiger partial charge >= 0.3 is 0 Å². The Kier molecular flexibility index (Phi) is 3.59. The first-order valence-corrected chi connectivity index (χ1v) is 6.80. The maximum atomic E-state index is 13.4. The van der Waals surface area contributed by atoms with Crippen LogP contribution >= 0.6 is 22.9 Å². The molecule has 1 N–H and O–H groups in total. The van der Waals surface area contributed by atoms with Crippen LogP contribution in [-0.2, 0) is 0 Å². The number of hydrogen-bond acceptors (Lipinski definition) is 3. The summed E-state index contributed by atoms with van der Waals surface area (Å²) in [5, 5.41) is 6.14. The van der Waals surface area contributed by atoms with Crippen LogP contribution in [-0.4, -0.2) is 10.5 Å². The summed E-state index contributed by atoms with van der Waals surface area (Å²) in [6.45, 7) is 6.20. The van der Waals surface area contributed by atoms with Crippen molar-refractivity contribution in [3.63, 3.8) is 0 Å². The predicted octanol–water partition coefficient (Wildman–Crippen LogP) is 4.81. The Labute approximate surface area is 115 Å². The van der Waals surface area contributed by atoms with Gasteiger partial charge in [-0.3, -0.25) is 0 Å². The average Bonchev–Trinajstić information content (AvgIpc) is 2.68. The molecule has 96 valence electrons. The Morgan fingerprint density at radius 1 is 1.33 bits per heavy atom. The molecule has 0 aliphatic rings. The zero-order valence-corrected chi connectivity index (χ0v) is 12.0. The fourth-order valence-corrected chi connectivity index (χ4v) is 2.49. The molecule has 0 amide bonds. The molecule has 0 atom stereocenters. The van der Waals surface area contributed by atoms with Gasteiger partial charge in [0.1, 0.15) is 5.82 Å². The van der Waals surface area contributed by atoms with Crippen LogP contribution in [0.25, 0.3) is 11.3 Å². The first kappa shape index (κ1) is 13.3. The van der Waals surface area contributed by atoms with Gasteiger partial charge in [-0.2, -0.15) is 0 Å². The van der Waals surface area contributed by atoms with Gasteiger partial charge in [0, 0.05) is 16.5 Å². The lowest BCUT2D eigenvalue weighted by Crippen LogP contribution is -2.25. The molecular formula is C13H14ClFN2S. The minimum Gasteiger partial charge on any atom is -0.357 e. The number of nitrogens with one attached hydrogen (secondary N) is 1. The first-order valence-electron chi connectivity index (χ1n) is 5.54. The molecule has 0 fully saturated rings. The number of benzene rings is 1. The van der Waals surface area contributed by atoms with Crippen molar-refractivity contribution in [3.05, 3.63) is 34.4 Å². The van der Waals surface area contributed by atoms with Gasteiger partial charge in [0.2, 0.25) is 0 Å². The summed E-state index contributed by atoms with van der Waals surface area (Å²) in [6, 6.07) is 4.71. The largest absolute Gasteiger partial charge is 0.357 e. The average molecular weight is 285 g/mol. The van der Waals surface area contributed by atoms with Crippen LogP contribution in [0.1, 0.15) is 20.8 Å². The molecular weight excluding hydrogens is 271 g/mol. The molecule has 0 unspecified atom stereocenters. The molecule has 0 spiro atoms. The standard InChI is InChI=1S/C13H14ClFN2S/c1-13(2,3)17-12-16-11(7-18-12)8-4-5-9(14)10(15)6-8/h4-7H,1-3H3,(H,16,17). The Morgan fingerprint density at radius 3 is 2.67 bits per heavy atom. The van der Waals surface area contributed by atoms with Gasteiger partial charge in [-0.25, -0.2) is 9.37 Å². The Bertz CT molecular complexity index is 560. The summed E-state index contributed by atoms with van der Waals surface area (Å²) >= 11 is 7.16. The molecule has 1 heterocycles. The van der Waals surface area contributed by atoms with Crippen molar-refractivity contribution in [2.45, 2.75) is 26.3 Å². The third-order valence-electron chi connectivity index (χ3n) is 2.20. The highest BCUT2D eigenvalue weighted by atomic mass is 35.5. The van der Waals surface area contributed by atoms with Gasteiger partial charge in [0.15, 0.2) is 5.13 Å². The monoisotopic (exact) mass is 284 g/mol. The van der Waals surface area contributed by atoms with Crippen molar-refractivity contribution in [2.75, 3.05) is 5.32 Å². The van der Waals surface area contributed by atoms with Gasteiger partial charge in [-0.1, -0.05) is 17.7 Å². The molecule has 2 rings (SSSR count). The van der Waals surface area contributed by atoms with E-state index in [9.17, 15) is 4.39 Å². The molecule has 0 bridgehead atoms. The third kappa shape index (κ3) is 3.21. The van der Waals surface area contributed by atoms with Crippen LogP contribution in [0.5, 0.6) is 0 Å². The fraction of sp³-hybridized carbons (Fsp3) is 0.308. The molecule has 2 aromatic rings. The van der Waals surface area contributed by atoms with Crippen molar-refractivity contribution in [3.8, 4) is 11.3 Å².